The van der Waals surface area contributed by atoms with Gasteiger partial charge in [-0.2, -0.15) is 11.8 Å². The number of hydrogen-bond acceptors (Lipinski definition) is 3. The van der Waals surface area contributed by atoms with Gasteiger partial charge in [0.1, 0.15) is 0 Å². The molecule has 0 saturated heterocycles. The van der Waals surface area contributed by atoms with E-state index in [0.717, 1.165) is 19.3 Å². The molecule has 3 unspecified atom stereocenters. The summed E-state index contributed by atoms with van der Waals surface area (Å²) >= 11 is 2.00. The average molecular weight is 244 g/mol. The van der Waals surface area contributed by atoms with Gasteiger partial charge in [0.2, 0.25) is 5.91 Å². The number of likely N-dealkylation sites (N-methyl/N-ethyl adjacent to an activating group) is 1. The third kappa shape index (κ3) is 2.92. The molecule has 94 valence electrons. The fourth-order valence-electron chi connectivity index (χ4n) is 2.15. The van der Waals surface area contributed by atoms with Crippen LogP contribution in [0.1, 0.15) is 40.0 Å². The number of hydrogen-bond donors (Lipinski definition) is 2. The maximum Gasteiger partial charge on any atom is 0.237 e. The monoisotopic (exact) mass is 244 g/mol. The number of rotatable bonds is 5. The molecule has 3 N–H and O–H groups in total. The van der Waals surface area contributed by atoms with Crippen LogP contribution in [0.2, 0.25) is 0 Å². The molecule has 0 bridgehead atoms. The van der Waals surface area contributed by atoms with Crippen LogP contribution in [-0.2, 0) is 4.79 Å². The highest BCUT2D eigenvalue weighted by atomic mass is 32.2. The van der Waals surface area contributed by atoms with E-state index in [2.05, 4.69) is 26.1 Å². The van der Waals surface area contributed by atoms with Crippen molar-refractivity contribution in [3.63, 3.8) is 0 Å². The summed E-state index contributed by atoms with van der Waals surface area (Å²) in [6.45, 7) is 6.75. The minimum absolute atomic E-state index is 0.199. The molecule has 0 aromatic carbocycles. The maximum atomic E-state index is 11.5. The molecule has 0 aromatic heterocycles. The van der Waals surface area contributed by atoms with E-state index in [1.54, 1.807) is 0 Å². The van der Waals surface area contributed by atoms with E-state index in [9.17, 15) is 4.79 Å². The summed E-state index contributed by atoms with van der Waals surface area (Å²) in [7, 11) is 1.84. The highest BCUT2D eigenvalue weighted by Gasteiger charge is 2.43. The lowest BCUT2D eigenvalue weighted by atomic mass is 9.97. The second-order valence-corrected chi connectivity index (χ2v) is 6.83. The molecule has 1 amide bonds. The van der Waals surface area contributed by atoms with Crippen LogP contribution in [0.25, 0.3) is 0 Å². The molecule has 1 aliphatic rings. The third-order valence-corrected chi connectivity index (χ3v) is 5.53. The largest absolute Gasteiger partial charge is 0.368 e. The average Bonchev–Trinajstić information content (AvgIpc) is 2.62. The number of primary amides is 1. The van der Waals surface area contributed by atoms with E-state index >= 15 is 0 Å². The Bertz CT molecular complexity index is 257. The summed E-state index contributed by atoms with van der Waals surface area (Å²) in [5, 5.41) is 4.33. The van der Waals surface area contributed by atoms with E-state index in [4.69, 9.17) is 5.73 Å². The van der Waals surface area contributed by atoms with Crippen LogP contribution in [0, 0.1) is 5.92 Å². The van der Waals surface area contributed by atoms with Crippen LogP contribution >= 0.6 is 11.8 Å². The normalized spacial score (nSPS) is 31.9. The van der Waals surface area contributed by atoms with Crippen molar-refractivity contribution in [2.75, 3.05) is 7.05 Å². The maximum absolute atomic E-state index is 11.5. The molecular weight excluding hydrogens is 220 g/mol. The number of nitrogens with one attached hydrogen (secondary N) is 1. The van der Waals surface area contributed by atoms with Gasteiger partial charge >= 0.3 is 0 Å². The lowest BCUT2D eigenvalue weighted by Gasteiger charge is -2.26. The summed E-state index contributed by atoms with van der Waals surface area (Å²) in [5.41, 5.74) is 5.04. The standard InChI is InChI=1S/C12H24N2OS/c1-8(2)9(3)16-10-5-6-12(7-10,14-4)11(13)15/h8-10,14H,5-7H2,1-4H3,(H2,13,15). The van der Waals surface area contributed by atoms with Crippen LogP contribution in [-0.4, -0.2) is 29.0 Å². The molecule has 16 heavy (non-hydrogen) atoms. The molecule has 4 heteroatoms. The van der Waals surface area contributed by atoms with Crippen molar-refractivity contribution in [3.05, 3.63) is 0 Å². The first-order valence-electron chi connectivity index (χ1n) is 6.05. The van der Waals surface area contributed by atoms with Crippen molar-refractivity contribution in [2.45, 2.75) is 56.1 Å². The van der Waals surface area contributed by atoms with E-state index in [1.165, 1.54) is 0 Å². The Morgan fingerprint density at radius 2 is 2.12 bits per heavy atom. The first-order valence-corrected chi connectivity index (χ1v) is 7.00. The Balaban J connectivity index is 2.54. The Morgan fingerprint density at radius 3 is 2.50 bits per heavy atom. The smallest absolute Gasteiger partial charge is 0.237 e. The van der Waals surface area contributed by atoms with Crippen molar-refractivity contribution in [2.24, 2.45) is 11.7 Å². The summed E-state index contributed by atoms with van der Waals surface area (Å²) in [6.07, 6.45) is 2.84. The predicted octanol–water partition coefficient (Wildman–Crippen LogP) is 1.76. The highest BCUT2D eigenvalue weighted by Crippen LogP contribution is 2.39. The molecule has 0 radical (unpaired) electrons. The van der Waals surface area contributed by atoms with Gasteiger partial charge in [-0.25, -0.2) is 0 Å². The summed E-state index contributed by atoms with van der Waals surface area (Å²) in [4.78, 5) is 11.5. The van der Waals surface area contributed by atoms with Crippen molar-refractivity contribution in [3.8, 4) is 0 Å². The predicted molar refractivity (Wildman–Crippen MR) is 70.5 cm³/mol. The topological polar surface area (TPSA) is 55.1 Å². The van der Waals surface area contributed by atoms with Crippen LogP contribution in [0.5, 0.6) is 0 Å². The highest BCUT2D eigenvalue weighted by molar-refractivity contribution is 8.00. The second-order valence-electron chi connectivity index (χ2n) is 5.15. The zero-order valence-corrected chi connectivity index (χ0v) is 11.6. The van der Waals surface area contributed by atoms with Crippen molar-refractivity contribution >= 4 is 17.7 Å². The lowest BCUT2D eigenvalue weighted by Crippen LogP contribution is -2.52. The molecule has 3 nitrogen and oxygen atoms in total. The summed E-state index contributed by atoms with van der Waals surface area (Å²) in [6, 6.07) is 0. The lowest BCUT2D eigenvalue weighted by molar-refractivity contribution is -0.124. The number of amides is 1. The first kappa shape index (κ1) is 13.8. The van der Waals surface area contributed by atoms with Gasteiger partial charge in [0, 0.05) is 10.5 Å². The number of nitrogens with two attached hydrogens (primary N) is 1. The van der Waals surface area contributed by atoms with E-state index in [0.29, 0.717) is 16.4 Å². The molecule has 0 aliphatic heterocycles. The van der Waals surface area contributed by atoms with Crippen LogP contribution < -0.4 is 11.1 Å². The van der Waals surface area contributed by atoms with Crippen LogP contribution in [0.3, 0.4) is 0 Å². The van der Waals surface area contributed by atoms with Gasteiger partial charge < -0.3 is 11.1 Å². The van der Waals surface area contributed by atoms with Gasteiger partial charge in [-0.05, 0) is 32.2 Å². The minimum Gasteiger partial charge on any atom is -0.368 e. The quantitative estimate of drug-likeness (QED) is 0.775. The van der Waals surface area contributed by atoms with Gasteiger partial charge in [-0.3, -0.25) is 4.79 Å². The third-order valence-electron chi connectivity index (χ3n) is 3.77. The number of thioether (sulfide) groups is 1. The number of carbonyl (C=O) groups excluding carboxylic acids is 1. The molecule has 1 rings (SSSR count). The second kappa shape index (κ2) is 5.41. The SMILES string of the molecule is CNC1(C(N)=O)CCC(SC(C)C(C)C)C1. The van der Waals surface area contributed by atoms with E-state index < -0.39 is 5.54 Å². The van der Waals surface area contributed by atoms with E-state index in [1.807, 2.05) is 18.8 Å². The zero-order chi connectivity index (χ0) is 12.3. The van der Waals surface area contributed by atoms with Gasteiger partial charge in [0.15, 0.2) is 0 Å². The Kier molecular flexibility index (Phi) is 4.68. The van der Waals surface area contributed by atoms with Gasteiger partial charge in [0.25, 0.3) is 0 Å². The fraction of sp³-hybridized carbons (Fsp3) is 0.917. The first-order chi connectivity index (χ1) is 7.41. The van der Waals surface area contributed by atoms with Gasteiger partial charge in [-0.1, -0.05) is 20.8 Å². The molecular formula is C12H24N2OS. The van der Waals surface area contributed by atoms with Crippen molar-refractivity contribution in [1.82, 2.24) is 5.32 Å². The van der Waals surface area contributed by atoms with E-state index in [-0.39, 0.29) is 5.91 Å². The Labute approximate surface area is 103 Å². The summed E-state index contributed by atoms with van der Waals surface area (Å²) in [5.74, 6) is 0.485. The van der Waals surface area contributed by atoms with Crippen LogP contribution in [0.4, 0.5) is 0 Å². The Morgan fingerprint density at radius 1 is 1.50 bits per heavy atom. The molecule has 0 aromatic rings. The van der Waals surface area contributed by atoms with Crippen molar-refractivity contribution < 1.29 is 4.79 Å². The molecule has 1 fully saturated rings. The van der Waals surface area contributed by atoms with Gasteiger partial charge in [-0.15, -0.1) is 0 Å². The van der Waals surface area contributed by atoms with Gasteiger partial charge in [0.05, 0.1) is 5.54 Å². The molecule has 1 saturated carbocycles. The number of carbonyl (C=O) groups is 1. The molecule has 0 heterocycles. The fourth-order valence-corrected chi connectivity index (χ4v) is 3.71. The zero-order valence-electron chi connectivity index (χ0n) is 10.7. The molecule has 0 spiro atoms. The molecule has 3 atom stereocenters. The minimum atomic E-state index is -0.450. The Hall–Kier alpha value is -0.220. The summed E-state index contributed by atoms with van der Waals surface area (Å²) < 4.78 is 0. The van der Waals surface area contributed by atoms with Crippen molar-refractivity contribution in [1.29, 1.82) is 0 Å². The van der Waals surface area contributed by atoms with Crippen LogP contribution in [0.15, 0.2) is 0 Å². The molecule has 1 aliphatic carbocycles.